The molecule has 0 saturated carbocycles. The Balaban J connectivity index is 2.48. The largest absolute Gasteiger partial charge is 0.507 e. The molecule has 1 aromatic heterocycles. The van der Waals surface area contributed by atoms with Crippen molar-refractivity contribution >= 4 is 21.9 Å². The van der Waals surface area contributed by atoms with Crippen LogP contribution in [0, 0.1) is 0 Å². The maximum absolute atomic E-state index is 14.0. The van der Waals surface area contributed by atoms with E-state index in [1.165, 1.54) is 0 Å². The van der Waals surface area contributed by atoms with Crippen molar-refractivity contribution in [2.75, 3.05) is 7.11 Å². The lowest BCUT2D eigenvalue weighted by molar-refractivity contribution is 0.230. The second-order valence-electron chi connectivity index (χ2n) is 10.1. The fourth-order valence-corrected chi connectivity index (χ4v) is 4.13. The summed E-state index contributed by atoms with van der Waals surface area (Å²) in [6.07, 6.45) is 4.68. The number of fused-ring (bicyclic) bond motifs is 2. The van der Waals surface area contributed by atoms with Gasteiger partial charge in [-0.2, -0.15) is 0 Å². The lowest BCUT2D eigenvalue weighted by Gasteiger charge is -2.19. The van der Waals surface area contributed by atoms with E-state index < -0.39 is 0 Å². The molecule has 6 heteroatoms. The highest BCUT2D eigenvalue weighted by Crippen LogP contribution is 2.42. The summed E-state index contributed by atoms with van der Waals surface area (Å²) in [6, 6.07) is 3.39. The molecule has 0 unspecified atom stereocenters. The van der Waals surface area contributed by atoms with E-state index in [-0.39, 0.29) is 34.4 Å². The quantitative estimate of drug-likeness (QED) is 0.249. The van der Waals surface area contributed by atoms with Crippen molar-refractivity contribution in [3.8, 4) is 23.0 Å². The van der Waals surface area contributed by atoms with Crippen LogP contribution < -0.4 is 19.6 Å². The molecule has 0 fully saturated rings. The molecule has 0 aliphatic heterocycles. The van der Waals surface area contributed by atoms with Crippen LogP contribution in [0.1, 0.15) is 66.5 Å². The van der Waals surface area contributed by atoms with Crippen LogP contribution in [0.3, 0.4) is 0 Å². The van der Waals surface area contributed by atoms with Crippen molar-refractivity contribution in [3.05, 3.63) is 56.8 Å². The minimum atomic E-state index is -0.315. The number of benzene rings is 2. The number of ether oxygens (including phenoxy) is 3. The van der Waals surface area contributed by atoms with Crippen LogP contribution in [0.15, 0.2) is 44.6 Å². The van der Waals surface area contributed by atoms with E-state index in [1.54, 1.807) is 19.2 Å². The van der Waals surface area contributed by atoms with Crippen molar-refractivity contribution in [2.24, 2.45) is 0 Å². The zero-order valence-corrected chi connectivity index (χ0v) is 22.9. The molecule has 2 aromatic carbocycles. The van der Waals surface area contributed by atoms with Crippen LogP contribution in [-0.2, 0) is 12.8 Å². The van der Waals surface area contributed by atoms with E-state index in [2.05, 4.69) is 0 Å². The topological polar surface area (TPSA) is 78.1 Å². The summed E-state index contributed by atoms with van der Waals surface area (Å²) < 4.78 is 24.1. The summed E-state index contributed by atoms with van der Waals surface area (Å²) in [5.41, 5.74) is 3.74. The Morgan fingerprint density at radius 2 is 1.36 bits per heavy atom. The Morgan fingerprint density at radius 3 is 1.89 bits per heavy atom. The number of rotatable bonds is 9. The predicted octanol–water partition coefficient (Wildman–Crippen LogP) is 7.25. The number of allylic oxidation sites excluding steroid dienone is 4. The minimum absolute atomic E-state index is 0.104. The van der Waals surface area contributed by atoms with E-state index in [0.717, 1.165) is 11.1 Å². The average Bonchev–Trinajstić information content (AvgIpc) is 2.75. The van der Waals surface area contributed by atoms with Crippen molar-refractivity contribution in [1.29, 1.82) is 0 Å². The number of aromatic hydroxyl groups is 1. The molecule has 36 heavy (non-hydrogen) atoms. The van der Waals surface area contributed by atoms with Crippen LogP contribution in [-0.4, -0.2) is 24.4 Å². The molecule has 0 saturated heterocycles. The molecule has 0 spiro atoms. The molecular formula is C30H38O6. The summed E-state index contributed by atoms with van der Waals surface area (Å²) in [6.45, 7) is 15.7. The van der Waals surface area contributed by atoms with Gasteiger partial charge in [0.1, 0.15) is 28.1 Å². The molecular weight excluding hydrogens is 456 g/mol. The SMILES string of the molecule is COc1c(OC(C)C)cc2oc3cc(OC(C)C)c(CC=C(C)C)c(O)c3c(=O)c2c1CC=C(C)C. The Hall–Kier alpha value is -3.41. The molecule has 0 radical (unpaired) electrons. The summed E-state index contributed by atoms with van der Waals surface area (Å²) in [7, 11) is 1.56. The maximum atomic E-state index is 14.0. The van der Waals surface area contributed by atoms with Gasteiger partial charge in [-0.25, -0.2) is 0 Å². The third-order valence-electron chi connectivity index (χ3n) is 5.67. The zero-order chi connectivity index (χ0) is 26.7. The number of phenols is 1. The minimum Gasteiger partial charge on any atom is -0.507 e. The molecule has 0 aliphatic carbocycles. The fourth-order valence-electron chi connectivity index (χ4n) is 4.13. The summed E-state index contributed by atoms with van der Waals surface area (Å²) in [4.78, 5) is 14.0. The van der Waals surface area contributed by atoms with Gasteiger partial charge in [0.2, 0.25) is 5.43 Å². The van der Waals surface area contributed by atoms with Gasteiger partial charge in [-0.05, 0) is 68.2 Å². The number of hydrogen-bond acceptors (Lipinski definition) is 6. The van der Waals surface area contributed by atoms with Crippen LogP contribution >= 0.6 is 0 Å². The lowest BCUT2D eigenvalue weighted by atomic mass is 9.98. The third kappa shape index (κ3) is 5.69. The van der Waals surface area contributed by atoms with Crippen LogP contribution in [0.25, 0.3) is 21.9 Å². The second kappa shape index (κ2) is 11.1. The van der Waals surface area contributed by atoms with Gasteiger partial charge in [0.15, 0.2) is 11.5 Å². The normalized spacial score (nSPS) is 11.3. The monoisotopic (exact) mass is 494 g/mol. The van der Waals surface area contributed by atoms with E-state index in [4.69, 9.17) is 18.6 Å². The van der Waals surface area contributed by atoms with Gasteiger partial charge in [-0.3, -0.25) is 4.79 Å². The first-order valence-electron chi connectivity index (χ1n) is 12.4. The Morgan fingerprint density at radius 1 is 0.861 bits per heavy atom. The average molecular weight is 495 g/mol. The fraction of sp³-hybridized carbons (Fsp3) is 0.433. The van der Waals surface area contributed by atoms with E-state index in [0.29, 0.717) is 52.2 Å². The molecule has 6 nitrogen and oxygen atoms in total. The standard InChI is InChI=1S/C30H38O6/c1-16(2)10-12-20-22(34-18(5)6)14-24-27(28(20)31)29(32)26-21(13-11-17(3)4)30(33-9)25(35-19(7)8)15-23(26)36-24/h10-11,14-15,18-19,31H,12-13H2,1-9H3. The first kappa shape index (κ1) is 27.2. The van der Waals surface area contributed by atoms with Crippen LogP contribution in [0.2, 0.25) is 0 Å². The molecule has 0 aliphatic rings. The Labute approximate surface area is 213 Å². The van der Waals surface area contributed by atoms with Gasteiger partial charge in [0, 0.05) is 23.3 Å². The van der Waals surface area contributed by atoms with Gasteiger partial charge < -0.3 is 23.7 Å². The van der Waals surface area contributed by atoms with E-state index in [9.17, 15) is 9.90 Å². The first-order chi connectivity index (χ1) is 16.9. The van der Waals surface area contributed by atoms with Gasteiger partial charge in [-0.15, -0.1) is 0 Å². The second-order valence-corrected chi connectivity index (χ2v) is 10.1. The molecule has 3 aromatic rings. The van der Waals surface area contributed by atoms with Crippen molar-refractivity contribution in [2.45, 2.75) is 80.4 Å². The molecule has 3 rings (SSSR count). The molecule has 1 heterocycles. The number of methoxy groups -OCH3 is 1. The van der Waals surface area contributed by atoms with E-state index >= 15 is 0 Å². The predicted molar refractivity (Wildman–Crippen MR) is 146 cm³/mol. The van der Waals surface area contributed by atoms with Crippen LogP contribution in [0.4, 0.5) is 0 Å². The summed E-state index contributed by atoms with van der Waals surface area (Å²) in [5.74, 6) is 1.37. The van der Waals surface area contributed by atoms with Gasteiger partial charge in [-0.1, -0.05) is 23.3 Å². The number of hydrogen-bond donors (Lipinski definition) is 1. The van der Waals surface area contributed by atoms with Crippen molar-refractivity contribution in [3.63, 3.8) is 0 Å². The highest BCUT2D eigenvalue weighted by atomic mass is 16.5. The molecule has 0 atom stereocenters. The lowest BCUT2D eigenvalue weighted by Crippen LogP contribution is -2.12. The summed E-state index contributed by atoms with van der Waals surface area (Å²) >= 11 is 0. The first-order valence-corrected chi connectivity index (χ1v) is 12.4. The maximum Gasteiger partial charge on any atom is 0.204 e. The van der Waals surface area contributed by atoms with Crippen molar-refractivity contribution in [1.82, 2.24) is 0 Å². The Kier molecular flexibility index (Phi) is 8.39. The molecule has 0 amide bonds. The third-order valence-corrected chi connectivity index (χ3v) is 5.67. The molecule has 0 bridgehead atoms. The highest BCUT2D eigenvalue weighted by molar-refractivity contribution is 5.98. The van der Waals surface area contributed by atoms with E-state index in [1.807, 2.05) is 67.5 Å². The molecule has 1 N–H and O–H groups in total. The molecule has 194 valence electrons. The number of phenolic OH excluding ortho intramolecular Hbond substituents is 1. The van der Waals surface area contributed by atoms with Crippen molar-refractivity contribution < 1.29 is 23.7 Å². The zero-order valence-electron chi connectivity index (χ0n) is 22.9. The van der Waals surface area contributed by atoms with Gasteiger partial charge >= 0.3 is 0 Å². The Bertz CT molecular complexity index is 1380. The van der Waals surface area contributed by atoms with Gasteiger partial charge in [0.05, 0.1) is 24.7 Å². The van der Waals surface area contributed by atoms with Crippen LogP contribution in [0.5, 0.6) is 23.0 Å². The van der Waals surface area contributed by atoms with Gasteiger partial charge in [0.25, 0.3) is 0 Å². The smallest absolute Gasteiger partial charge is 0.204 e. The summed E-state index contributed by atoms with van der Waals surface area (Å²) in [5, 5.41) is 11.9. The highest BCUT2D eigenvalue weighted by Gasteiger charge is 2.24.